The van der Waals surface area contributed by atoms with Crippen molar-refractivity contribution in [3.8, 4) is 0 Å². The van der Waals surface area contributed by atoms with Crippen molar-refractivity contribution in [2.24, 2.45) is 0 Å². The van der Waals surface area contributed by atoms with E-state index in [0.717, 1.165) is 17.9 Å². The summed E-state index contributed by atoms with van der Waals surface area (Å²) < 4.78 is 0. The van der Waals surface area contributed by atoms with Crippen LogP contribution in [0.5, 0.6) is 0 Å². The van der Waals surface area contributed by atoms with Crippen LogP contribution >= 0.6 is 11.8 Å². The Morgan fingerprint density at radius 3 is 2.80 bits per heavy atom. The predicted molar refractivity (Wildman–Crippen MR) is 59.1 cm³/mol. The van der Waals surface area contributed by atoms with Crippen LogP contribution in [0, 0.1) is 0 Å². The van der Waals surface area contributed by atoms with Crippen LogP contribution < -0.4 is 5.32 Å². The van der Waals surface area contributed by atoms with Crippen LogP contribution in [0.3, 0.4) is 0 Å². The van der Waals surface area contributed by atoms with Crippen molar-refractivity contribution in [1.29, 1.82) is 0 Å². The molecular weight excluding hydrogens is 216 g/mol. The molecule has 86 valence electrons. The van der Waals surface area contributed by atoms with Crippen LogP contribution in [0.2, 0.25) is 0 Å². The normalized spacial score (nSPS) is 19.1. The first-order chi connectivity index (χ1) is 7.11. The lowest BCUT2D eigenvalue weighted by Gasteiger charge is -2.21. The number of hydrogen-bond donors (Lipinski definition) is 2. The highest BCUT2D eigenvalue weighted by Gasteiger charge is 2.19. The van der Waals surface area contributed by atoms with Crippen molar-refractivity contribution in [3.05, 3.63) is 0 Å². The fourth-order valence-corrected chi connectivity index (χ4v) is 2.17. The highest BCUT2D eigenvalue weighted by atomic mass is 32.2. The maximum Gasteiger partial charge on any atom is 0.325 e. The zero-order valence-electron chi connectivity index (χ0n) is 8.73. The number of rotatable bonds is 2. The van der Waals surface area contributed by atoms with Crippen LogP contribution in [0.1, 0.15) is 13.3 Å². The van der Waals surface area contributed by atoms with Gasteiger partial charge in [-0.2, -0.15) is 11.8 Å². The predicted octanol–water partition coefficient (Wildman–Crippen LogP) is 0.608. The van der Waals surface area contributed by atoms with Gasteiger partial charge in [-0.3, -0.25) is 4.79 Å². The lowest BCUT2D eigenvalue weighted by molar-refractivity contribution is -0.138. The Balaban J connectivity index is 2.41. The Bertz CT molecular complexity index is 240. The molecule has 0 unspecified atom stereocenters. The van der Waals surface area contributed by atoms with Crippen molar-refractivity contribution in [1.82, 2.24) is 10.2 Å². The van der Waals surface area contributed by atoms with E-state index in [1.54, 1.807) is 4.90 Å². The van der Waals surface area contributed by atoms with Gasteiger partial charge in [-0.1, -0.05) is 0 Å². The third-order valence-corrected chi connectivity index (χ3v) is 3.27. The summed E-state index contributed by atoms with van der Waals surface area (Å²) in [6.07, 6.45) is 0.972. The fourth-order valence-electron chi connectivity index (χ4n) is 1.29. The molecule has 1 aliphatic rings. The number of carboxylic acids is 1. The molecule has 1 atom stereocenters. The lowest BCUT2D eigenvalue weighted by Crippen LogP contribution is -2.47. The molecule has 0 bridgehead atoms. The zero-order valence-corrected chi connectivity index (χ0v) is 9.55. The van der Waals surface area contributed by atoms with Crippen LogP contribution in [-0.4, -0.2) is 52.6 Å². The summed E-state index contributed by atoms with van der Waals surface area (Å²) in [4.78, 5) is 23.8. The summed E-state index contributed by atoms with van der Waals surface area (Å²) in [6, 6.07) is -1.10. The average molecular weight is 232 g/mol. The van der Waals surface area contributed by atoms with E-state index >= 15 is 0 Å². The Kier molecular flexibility index (Phi) is 4.74. The number of nitrogens with zero attached hydrogens (tertiary/aromatic N) is 1. The minimum atomic E-state index is -1.01. The van der Waals surface area contributed by atoms with E-state index in [-0.39, 0.29) is 6.03 Å². The van der Waals surface area contributed by atoms with Crippen molar-refractivity contribution in [2.45, 2.75) is 19.4 Å². The molecule has 0 radical (unpaired) electrons. The number of nitrogens with one attached hydrogen (secondary N) is 1. The molecule has 6 heteroatoms. The molecule has 15 heavy (non-hydrogen) atoms. The second-order valence-electron chi connectivity index (χ2n) is 3.46. The van der Waals surface area contributed by atoms with Gasteiger partial charge in [0.2, 0.25) is 0 Å². The van der Waals surface area contributed by atoms with Gasteiger partial charge >= 0.3 is 12.0 Å². The first kappa shape index (κ1) is 12.2. The quantitative estimate of drug-likeness (QED) is 0.732. The molecule has 0 aliphatic carbocycles. The average Bonchev–Trinajstić information content (AvgIpc) is 2.45. The zero-order chi connectivity index (χ0) is 11.3. The number of carbonyl (C=O) groups excluding carboxylic acids is 1. The Labute approximate surface area is 93.2 Å². The minimum Gasteiger partial charge on any atom is -0.480 e. The molecule has 0 aromatic carbocycles. The fraction of sp³-hybridized carbons (Fsp3) is 0.778. The van der Waals surface area contributed by atoms with E-state index < -0.39 is 12.0 Å². The van der Waals surface area contributed by atoms with Gasteiger partial charge in [0.15, 0.2) is 0 Å². The van der Waals surface area contributed by atoms with Gasteiger partial charge in [0, 0.05) is 18.8 Å². The maximum absolute atomic E-state index is 11.6. The second-order valence-corrected chi connectivity index (χ2v) is 4.69. The number of hydrogen-bond acceptors (Lipinski definition) is 3. The number of carboxylic acid groups (broad SMARTS) is 1. The third kappa shape index (κ3) is 3.99. The SMILES string of the molecule is C[C@@H](NC(=O)N1CCCSCC1)C(=O)O. The Hall–Kier alpha value is -0.910. The van der Waals surface area contributed by atoms with Crippen LogP contribution in [-0.2, 0) is 4.79 Å². The molecule has 1 heterocycles. The number of amides is 2. The molecule has 0 spiro atoms. The molecular formula is C9H16N2O3S. The van der Waals surface area contributed by atoms with E-state index in [0.29, 0.717) is 13.1 Å². The van der Waals surface area contributed by atoms with Gasteiger partial charge in [-0.05, 0) is 19.1 Å². The van der Waals surface area contributed by atoms with Crippen molar-refractivity contribution >= 4 is 23.8 Å². The summed E-state index contributed by atoms with van der Waals surface area (Å²) in [6.45, 7) is 2.88. The monoisotopic (exact) mass is 232 g/mol. The first-order valence-corrected chi connectivity index (χ1v) is 6.12. The highest BCUT2D eigenvalue weighted by molar-refractivity contribution is 7.99. The first-order valence-electron chi connectivity index (χ1n) is 4.97. The smallest absolute Gasteiger partial charge is 0.325 e. The Morgan fingerprint density at radius 2 is 2.13 bits per heavy atom. The van der Waals surface area contributed by atoms with Gasteiger partial charge in [0.25, 0.3) is 0 Å². The minimum absolute atomic E-state index is 0.271. The molecule has 1 rings (SSSR count). The molecule has 5 nitrogen and oxygen atoms in total. The molecule has 0 aromatic heterocycles. The second kappa shape index (κ2) is 5.85. The van der Waals surface area contributed by atoms with E-state index in [4.69, 9.17) is 5.11 Å². The number of thioether (sulfide) groups is 1. The Morgan fingerprint density at radius 1 is 1.40 bits per heavy atom. The highest BCUT2D eigenvalue weighted by Crippen LogP contribution is 2.09. The number of aliphatic carboxylic acids is 1. The molecule has 1 saturated heterocycles. The summed E-state index contributed by atoms with van der Waals surface area (Å²) in [7, 11) is 0. The summed E-state index contributed by atoms with van der Waals surface area (Å²) in [5.41, 5.74) is 0. The summed E-state index contributed by atoms with van der Waals surface area (Å²) in [5.74, 6) is 0.986. The largest absolute Gasteiger partial charge is 0.480 e. The van der Waals surface area contributed by atoms with E-state index in [1.807, 2.05) is 11.8 Å². The van der Waals surface area contributed by atoms with Gasteiger partial charge in [-0.15, -0.1) is 0 Å². The molecule has 2 N–H and O–H groups in total. The summed E-state index contributed by atoms with van der Waals surface area (Å²) >= 11 is 1.82. The van der Waals surface area contributed by atoms with Crippen molar-refractivity contribution in [2.75, 3.05) is 24.6 Å². The van der Waals surface area contributed by atoms with Gasteiger partial charge in [0.05, 0.1) is 0 Å². The van der Waals surface area contributed by atoms with E-state index in [2.05, 4.69) is 5.32 Å². The maximum atomic E-state index is 11.6. The van der Waals surface area contributed by atoms with Crippen LogP contribution in [0.15, 0.2) is 0 Å². The van der Waals surface area contributed by atoms with Gasteiger partial charge < -0.3 is 15.3 Å². The molecule has 1 fully saturated rings. The molecule has 2 amide bonds. The van der Waals surface area contributed by atoms with Crippen molar-refractivity contribution < 1.29 is 14.7 Å². The van der Waals surface area contributed by atoms with Crippen LogP contribution in [0.25, 0.3) is 0 Å². The molecule has 0 aromatic rings. The van der Waals surface area contributed by atoms with Gasteiger partial charge in [-0.25, -0.2) is 4.79 Å². The van der Waals surface area contributed by atoms with Gasteiger partial charge in [0.1, 0.15) is 6.04 Å². The third-order valence-electron chi connectivity index (χ3n) is 2.22. The van der Waals surface area contributed by atoms with E-state index in [9.17, 15) is 9.59 Å². The summed E-state index contributed by atoms with van der Waals surface area (Å²) in [5, 5.41) is 11.1. The molecule has 0 saturated carbocycles. The topological polar surface area (TPSA) is 69.6 Å². The number of urea groups is 1. The van der Waals surface area contributed by atoms with Crippen molar-refractivity contribution in [3.63, 3.8) is 0 Å². The standard InChI is InChI=1S/C9H16N2O3S/c1-7(8(12)13)10-9(14)11-3-2-5-15-6-4-11/h7H,2-6H2,1H3,(H,10,14)(H,12,13)/t7-/m1/s1. The number of carbonyl (C=O) groups is 2. The van der Waals surface area contributed by atoms with Crippen LogP contribution in [0.4, 0.5) is 4.79 Å². The molecule has 1 aliphatic heterocycles. The lowest BCUT2D eigenvalue weighted by atomic mass is 10.3. The van der Waals surface area contributed by atoms with E-state index in [1.165, 1.54) is 6.92 Å².